The summed E-state index contributed by atoms with van der Waals surface area (Å²) in [4.78, 5) is 15.0. The summed E-state index contributed by atoms with van der Waals surface area (Å²) in [6, 6.07) is 5.42. The lowest BCUT2D eigenvalue weighted by atomic mass is 9.99. The molecule has 3 heterocycles. The fraction of sp³-hybridized carbons (Fsp3) is 0.471. The molecule has 0 bridgehead atoms. The van der Waals surface area contributed by atoms with Crippen molar-refractivity contribution in [3.8, 4) is 17.5 Å². The summed E-state index contributed by atoms with van der Waals surface area (Å²) in [6.45, 7) is 2.44. The van der Waals surface area contributed by atoms with Crippen LogP contribution in [0.4, 0.5) is 5.95 Å². The van der Waals surface area contributed by atoms with Crippen LogP contribution >= 0.6 is 0 Å². The molecule has 1 atom stereocenters. The first kappa shape index (κ1) is 16.3. The van der Waals surface area contributed by atoms with Crippen LogP contribution in [0.5, 0.6) is 17.5 Å². The predicted octanol–water partition coefficient (Wildman–Crippen LogP) is 2.18. The van der Waals surface area contributed by atoms with Crippen molar-refractivity contribution < 1.29 is 14.2 Å². The average molecular weight is 330 g/mol. The highest BCUT2D eigenvalue weighted by Gasteiger charge is 2.23. The Balaban J connectivity index is 1.65. The number of hydrogen-bond donors (Lipinski definition) is 0. The van der Waals surface area contributed by atoms with Crippen LogP contribution in [0.25, 0.3) is 0 Å². The molecule has 0 saturated carbocycles. The average Bonchev–Trinajstić information content (AvgIpc) is 2.67. The van der Waals surface area contributed by atoms with E-state index in [1.807, 2.05) is 12.1 Å². The zero-order valence-electron chi connectivity index (χ0n) is 14.0. The predicted molar refractivity (Wildman–Crippen MR) is 89.8 cm³/mol. The Bertz CT molecular complexity index is 631. The van der Waals surface area contributed by atoms with Crippen molar-refractivity contribution in [1.29, 1.82) is 0 Å². The smallest absolute Gasteiger partial charge is 0.231 e. The number of methoxy groups -OCH3 is 2. The molecule has 2 aromatic rings. The van der Waals surface area contributed by atoms with Gasteiger partial charge in [-0.1, -0.05) is 0 Å². The van der Waals surface area contributed by atoms with E-state index in [4.69, 9.17) is 14.2 Å². The Kier molecular flexibility index (Phi) is 5.30. The van der Waals surface area contributed by atoms with Gasteiger partial charge in [0.2, 0.25) is 17.7 Å². The summed E-state index contributed by atoms with van der Waals surface area (Å²) in [5, 5.41) is 0. The SMILES string of the molecule is COc1cc(OC)nc(N2CCCC(COc3ccncc3)C2)n1. The van der Waals surface area contributed by atoms with Crippen LogP contribution in [0.15, 0.2) is 30.6 Å². The second-order valence-corrected chi connectivity index (χ2v) is 5.70. The lowest BCUT2D eigenvalue weighted by Gasteiger charge is -2.32. The van der Waals surface area contributed by atoms with Gasteiger partial charge in [-0.3, -0.25) is 4.98 Å². The Labute approximate surface area is 141 Å². The van der Waals surface area contributed by atoms with Crippen LogP contribution in [0, 0.1) is 5.92 Å². The molecule has 2 aromatic heterocycles. The lowest BCUT2D eigenvalue weighted by molar-refractivity contribution is 0.227. The van der Waals surface area contributed by atoms with E-state index in [1.165, 1.54) is 0 Å². The van der Waals surface area contributed by atoms with Gasteiger partial charge in [0.15, 0.2) is 0 Å². The number of aromatic nitrogens is 3. The maximum Gasteiger partial charge on any atom is 0.231 e. The van der Waals surface area contributed by atoms with Gasteiger partial charge >= 0.3 is 0 Å². The first-order chi connectivity index (χ1) is 11.8. The normalized spacial score (nSPS) is 17.4. The van der Waals surface area contributed by atoms with Crippen LogP contribution in [0.2, 0.25) is 0 Å². The summed E-state index contributed by atoms with van der Waals surface area (Å²) in [5.74, 6) is 2.92. The number of rotatable bonds is 6. The highest BCUT2D eigenvalue weighted by atomic mass is 16.5. The Hall–Kier alpha value is -2.57. The van der Waals surface area contributed by atoms with Crippen molar-refractivity contribution in [2.24, 2.45) is 5.92 Å². The van der Waals surface area contributed by atoms with Crippen molar-refractivity contribution in [3.63, 3.8) is 0 Å². The van der Waals surface area contributed by atoms with Gasteiger partial charge in [-0.15, -0.1) is 0 Å². The van der Waals surface area contributed by atoms with Crippen molar-refractivity contribution in [2.45, 2.75) is 12.8 Å². The fourth-order valence-corrected chi connectivity index (χ4v) is 2.77. The third-order valence-electron chi connectivity index (χ3n) is 4.02. The van der Waals surface area contributed by atoms with Gasteiger partial charge in [-0.05, 0) is 25.0 Å². The number of pyridine rings is 1. The molecule has 3 rings (SSSR count). The second kappa shape index (κ2) is 7.81. The molecule has 7 heteroatoms. The molecule has 0 radical (unpaired) electrons. The van der Waals surface area contributed by atoms with Crippen molar-refractivity contribution in [1.82, 2.24) is 15.0 Å². The molecule has 0 aromatic carbocycles. The van der Waals surface area contributed by atoms with Crippen molar-refractivity contribution in [2.75, 3.05) is 38.8 Å². The molecule has 0 spiro atoms. The van der Waals surface area contributed by atoms with E-state index in [1.54, 1.807) is 32.7 Å². The molecule has 128 valence electrons. The maximum absolute atomic E-state index is 5.86. The second-order valence-electron chi connectivity index (χ2n) is 5.70. The summed E-state index contributed by atoms with van der Waals surface area (Å²) in [7, 11) is 3.18. The summed E-state index contributed by atoms with van der Waals surface area (Å²) in [5.41, 5.74) is 0. The van der Waals surface area contributed by atoms with Gasteiger partial charge in [0, 0.05) is 31.4 Å². The molecule has 1 fully saturated rings. The molecule has 1 aliphatic heterocycles. The Morgan fingerprint density at radius 1 is 1.12 bits per heavy atom. The quantitative estimate of drug-likeness (QED) is 0.804. The third kappa shape index (κ3) is 4.04. The van der Waals surface area contributed by atoms with Crippen molar-refractivity contribution in [3.05, 3.63) is 30.6 Å². The molecule has 0 aliphatic carbocycles. The molecule has 24 heavy (non-hydrogen) atoms. The number of nitrogens with zero attached hydrogens (tertiary/aromatic N) is 4. The van der Waals surface area contributed by atoms with E-state index < -0.39 is 0 Å². The Morgan fingerprint density at radius 2 is 1.83 bits per heavy atom. The monoisotopic (exact) mass is 330 g/mol. The molecular weight excluding hydrogens is 308 g/mol. The highest BCUT2D eigenvalue weighted by molar-refractivity contribution is 5.37. The number of hydrogen-bond acceptors (Lipinski definition) is 7. The topological polar surface area (TPSA) is 69.6 Å². The van der Waals surface area contributed by atoms with E-state index in [0.717, 1.165) is 31.7 Å². The lowest BCUT2D eigenvalue weighted by Crippen LogP contribution is -2.38. The zero-order chi connectivity index (χ0) is 16.8. The van der Waals surface area contributed by atoms with E-state index in [0.29, 0.717) is 30.2 Å². The largest absolute Gasteiger partial charge is 0.493 e. The number of piperidine rings is 1. The zero-order valence-corrected chi connectivity index (χ0v) is 14.0. The van der Waals surface area contributed by atoms with E-state index in [2.05, 4.69) is 19.9 Å². The van der Waals surface area contributed by atoms with Crippen molar-refractivity contribution >= 4 is 5.95 Å². The van der Waals surface area contributed by atoms with Gasteiger partial charge < -0.3 is 19.1 Å². The van der Waals surface area contributed by atoms with E-state index in [-0.39, 0.29) is 0 Å². The highest BCUT2D eigenvalue weighted by Crippen LogP contribution is 2.25. The first-order valence-corrected chi connectivity index (χ1v) is 8.03. The molecule has 0 N–H and O–H groups in total. The van der Waals surface area contributed by atoms with E-state index >= 15 is 0 Å². The first-order valence-electron chi connectivity index (χ1n) is 8.03. The van der Waals surface area contributed by atoms with Gasteiger partial charge in [-0.25, -0.2) is 0 Å². The fourth-order valence-electron chi connectivity index (χ4n) is 2.77. The van der Waals surface area contributed by atoms with Gasteiger partial charge in [0.05, 0.1) is 26.9 Å². The summed E-state index contributed by atoms with van der Waals surface area (Å²) in [6.07, 6.45) is 5.67. The van der Waals surface area contributed by atoms with E-state index in [9.17, 15) is 0 Å². The van der Waals surface area contributed by atoms with Crippen LogP contribution < -0.4 is 19.1 Å². The third-order valence-corrected chi connectivity index (χ3v) is 4.02. The molecule has 1 unspecified atom stereocenters. The minimum Gasteiger partial charge on any atom is -0.493 e. The van der Waals surface area contributed by atoms with Crippen LogP contribution in [0.3, 0.4) is 0 Å². The Morgan fingerprint density at radius 3 is 2.50 bits per heavy atom. The number of ether oxygens (including phenoxy) is 3. The van der Waals surface area contributed by atoms with Gasteiger partial charge in [0.1, 0.15) is 5.75 Å². The molecule has 1 saturated heterocycles. The summed E-state index contributed by atoms with van der Waals surface area (Å²) >= 11 is 0. The molecule has 0 amide bonds. The number of anilines is 1. The maximum atomic E-state index is 5.86. The van der Waals surface area contributed by atoms with Crippen LogP contribution in [0.1, 0.15) is 12.8 Å². The van der Waals surface area contributed by atoms with Crippen LogP contribution in [-0.4, -0.2) is 48.9 Å². The van der Waals surface area contributed by atoms with Gasteiger partial charge in [-0.2, -0.15) is 9.97 Å². The standard InChI is InChI=1S/C17H22N4O3/c1-22-15-10-16(23-2)20-17(19-15)21-9-3-4-13(11-21)12-24-14-5-7-18-8-6-14/h5-8,10,13H,3-4,9,11-12H2,1-2H3. The summed E-state index contributed by atoms with van der Waals surface area (Å²) < 4.78 is 16.3. The van der Waals surface area contributed by atoms with Gasteiger partial charge in [0.25, 0.3) is 0 Å². The minimum atomic E-state index is 0.424. The minimum absolute atomic E-state index is 0.424. The molecule has 1 aliphatic rings. The van der Waals surface area contributed by atoms with Crippen LogP contribution in [-0.2, 0) is 0 Å². The molecular formula is C17H22N4O3. The molecule has 7 nitrogen and oxygen atoms in total.